The molecule has 142 valence electrons. The maximum absolute atomic E-state index is 12.8. The Morgan fingerprint density at radius 1 is 1.07 bits per heavy atom. The summed E-state index contributed by atoms with van der Waals surface area (Å²) < 4.78 is 28.8. The van der Waals surface area contributed by atoms with Crippen LogP contribution in [0.3, 0.4) is 0 Å². The minimum absolute atomic E-state index is 0. The standard InChI is InChI=1S/C19H20N4O2S.BrH/c1-3-22(4-2)26(24,25)16-10-7-9-14(12-16)18-20-19-17-11-6-5-8-15(17)13-23(19)21-18;/h5-12H,3-4,13H2,1-2H3;1H. The molecule has 0 radical (unpaired) electrons. The summed E-state index contributed by atoms with van der Waals surface area (Å²) in [5.41, 5.74) is 2.99. The van der Waals surface area contributed by atoms with Crippen LogP contribution in [0, 0.1) is 0 Å². The molecule has 0 saturated heterocycles. The predicted molar refractivity (Wildman–Crippen MR) is 110 cm³/mol. The van der Waals surface area contributed by atoms with Crippen molar-refractivity contribution in [2.24, 2.45) is 0 Å². The molecule has 1 aromatic heterocycles. The van der Waals surface area contributed by atoms with Crippen molar-refractivity contribution in [3.8, 4) is 22.8 Å². The van der Waals surface area contributed by atoms with Crippen molar-refractivity contribution in [2.45, 2.75) is 25.3 Å². The summed E-state index contributed by atoms with van der Waals surface area (Å²) >= 11 is 0. The lowest BCUT2D eigenvalue weighted by Gasteiger charge is -2.18. The molecule has 3 aromatic rings. The number of benzene rings is 2. The summed E-state index contributed by atoms with van der Waals surface area (Å²) in [7, 11) is -3.50. The van der Waals surface area contributed by atoms with Crippen LogP contribution in [0.1, 0.15) is 19.4 Å². The van der Waals surface area contributed by atoms with Gasteiger partial charge >= 0.3 is 0 Å². The van der Waals surface area contributed by atoms with E-state index in [1.807, 2.05) is 42.8 Å². The minimum Gasteiger partial charge on any atom is -0.241 e. The molecule has 4 rings (SSSR count). The van der Waals surface area contributed by atoms with Gasteiger partial charge in [-0.15, -0.1) is 17.0 Å². The normalized spacial score (nSPS) is 12.6. The van der Waals surface area contributed by atoms with Gasteiger partial charge in [-0.05, 0) is 17.7 Å². The number of hydrogen-bond donors (Lipinski definition) is 0. The zero-order valence-corrected chi connectivity index (χ0v) is 17.7. The number of nitrogens with zero attached hydrogens (tertiary/aromatic N) is 4. The fourth-order valence-corrected chi connectivity index (χ4v) is 4.82. The Balaban J connectivity index is 0.00000210. The first kappa shape index (κ1) is 19.7. The maximum atomic E-state index is 12.8. The van der Waals surface area contributed by atoms with Crippen LogP contribution in [0.2, 0.25) is 0 Å². The lowest BCUT2D eigenvalue weighted by atomic mass is 10.1. The van der Waals surface area contributed by atoms with Gasteiger partial charge in [0.2, 0.25) is 10.0 Å². The van der Waals surface area contributed by atoms with Crippen molar-refractivity contribution in [2.75, 3.05) is 13.1 Å². The van der Waals surface area contributed by atoms with E-state index < -0.39 is 10.0 Å². The first-order valence-electron chi connectivity index (χ1n) is 8.68. The molecule has 0 atom stereocenters. The predicted octanol–water partition coefficient (Wildman–Crippen LogP) is 3.58. The highest BCUT2D eigenvalue weighted by Gasteiger charge is 2.25. The molecule has 0 N–H and O–H groups in total. The summed E-state index contributed by atoms with van der Waals surface area (Å²) in [5, 5.41) is 4.58. The van der Waals surface area contributed by atoms with Gasteiger partial charge in [-0.25, -0.2) is 18.1 Å². The Bertz CT molecular complexity index is 1070. The molecule has 2 aromatic carbocycles. The van der Waals surface area contributed by atoms with E-state index in [1.165, 1.54) is 9.87 Å². The molecule has 6 nitrogen and oxygen atoms in total. The molecule has 0 amide bonds. The first-order valence-corrected chi connectivity index (χ1v) is 10.1. The average Bonchev–Trinajstić information content (AvgIpc) is 3.20. The van der Waals surface area contributed by atoms with Crippen molar-refractivity contribution in [1.82, 2.24) is 19.1 Å². The lowest BCUT2D eigenvalue weighted by Crippen LogP contribution is -2.30. The SMILES string of the molecule is Br.CCN(CC)S(=O)(=O)c1cccc(-c2nc3n(n2)Cc2ccccc2-3)c1. The third kappa shape index (κ3) is 3.33. The second-order valence-electron chi connectivity index (χ2n) is 6.19. The highest BCUT2D eigenvalue weighted by atomic mass is 79.9. The van der Waals surface area contributed by atoms with Gasteiger partial charge in [0.1, 0.15) is 0 Å². The van der Waals surface area contributed by atoms with Crippen molar-refractivity contribution in [1.29, 1.82) is 0 Å². The fraction of sp³-hybridized carbons (Fsp3) is 0.263. The number of sulfonamides is 1. The second-order valence-corrected chi connectivity index (χ2v) is 8.13. The topological polar surface area (TPSA) is 68.1 Å². The minimum atomic E-state index is -3.50. The van der Waals surface area contributed by atoms with Gasteiger partial charge in [0.05, 0.1) is 11.4 Å². The molecule has 0 bridgehead atoms. The average molecular weight is 449 g/mol. The number of rotatable bonds is 5. The van der Waals surface area contributed by atoms with E-state index in [0.717, 1.165) is 11.4 Å². The highest BCUT2D eigenvalue weighted by Crippen LogP contribution is 2.32. The largest absolute Gasteiger partial charge is 0.243 e. The highest BCUT2D eigenvalue weighted by molar-refractivity contribution is 8.93. The van der Waals surface area contributed by atoms with E-state index in [2.05, 4.69) is 16.1 Å². The van der Waals surface area contributed by atoms with E-state index >= 15 is 0 Å². The van der Waals surface area contributed by atoms with Crippen LogP contribution in [0.15, 0.2) is 53.4 Å². The number of hydrogen-bond acceptors (Lipinski definition) is 4. The molecule has 0 fully saturated rings. The van der Waals surface area contributed by atoms with Gasteiger partial charge in [0.15, 0.2) is 11.6 Å². The molecule has 0 spiro atoms. The van der Waals surface area contributed by atoms with Gasteiger partial charge in [-0.3, -0.25) is 0 Å². The summed E-state index contributed by atoms with van der Waals surface area (Å²) in [6.07, 6.45) is 0. The summed E-state index contributed by atoms with van der Waals surface area (Å²) in [6.45, 7) is 5.25. The van der Waals surface area contributed by atoms with Gasteiger partial charge in [0.25, 0.3) is 0 Å². The number of halogens is 1. The van der Waals surface area contributed by atoms with Crippen LogP contribution in [-0.2, 0) is 16.6 Å². The summed E-state index contributed by atoms with van der Waals surface area (Å²) in [6, 6.07) is 15.0. The molecular weight excluding hydrogens is 428 g/mol. The molecule has 27 heavy (non-hydrogen) atoms. The number of fused-ring (bicyclic) bond motifs is 3. The van der Waals surface area contributed by atoms with Gasteiger partial charge in [-0.1, -0.05) is 50.2 Å². The second kappa shape index (κ2) is 7.53. The van der Waals surface area contributed by atoms with Gasteiger partial charge in [-0.2, -0.15) is 9.40 Å². The van der Waals surface area contributed by atoms with Crippen LogP contribution < -0.4 is 0 Å². The zero-order chi connectivity index (χ0) is 18.3. The van der Waals surface area contributed by atoms with Crippen LogP contribution in [0.5, 0.6) is 0 Å². The van der Waals surface area contributed by atoms with Crippen LogP contribution in [-0.4, -0.2) is 40.6 Å². The molecule has 0 aliphatic carbocycles. The van der Waals surface area contributed by atoms with Crippen LogP contribution >= 0.6 is 17.0 Å². The van der Waals surface area contributed by atoms with E-state index in [-0.39, 0.29) is 21.9 Å². The van der Waals surface area contributed by atoms with Crippen molar-refractivity contribution >= 4 is 27.0 Å². The monoisotopic (exact) mass is 448 g/mol. The molecule has 2 heterocycles. The Labute approximate surface area is 169 Å². The lowest BCUT2D eigenvalue weighted by molar-refractivity contribution is 0.445. The molecule has 1 aliphatic heterocycles. The van der Waals surface area contributed by atoms with Crippen LogP contribution in [0.25, 0.3) is 22.8 Å². The summed E-state index contributed by atoms with van der Waals surface area (Å²) in [5.74, 6) is 1.37. The summed E-state index contributed by atoms with van der Waals surface area (Å²) in [4.78, 5) is 4.93. The quantitative estimate of drug-likeness (QED) is 0.467. The Hall–Kier alpha value is -2.03. The Morgan fingerprint density at radius 2 is 1.81 bits per heavy atom. The molecule has 1 aliphatic rings. The third-order valence-electron chi connectivity index (χ3n) is 4.69. The Morgan fingerprint density at radius 3 is 2.56 bits per heavy atom. The van der Waals surface area contributed by atoms with E-state index in [9.17, 15) is 8.42 Å². The number of aromatic nitrogens is 3. The zero-order valence-electron chi connectivity index (χ0n) is 15.2. The van der Waals surface area contributed by atoms with Gasteiger partial charge in [0, 0.05) is 24.2 Å². The van der Waals surface area contributed by atoms with E-state index in [1.54, 1.807) is 18.2 Å². The molecule has 0 saturated carbocycles. The smallest absolute Gasteiger partial charge is 0.241 e. The van der Waals surface area contributed by atoms with Crippen LogP contribution in [0.4, 0.5) is 0 Å². The van der Waals surface area contributed by atoms with Gasteiger partial charge < -0.3 is 0 Å². The third-order valence-corrected chi connectivity index (χ3v) is 6.73. The van der Waals surface area contributed by atoms with E-state index in [4.69, 9.17) is 0 Å². The fourth-order valence-electron chi connectivity index (χ4n) is 3.32. The van der Waals surface area contributed by atoms with Crippen molar-refractivity contribution < 1.29 is 8.42 Å². The Kier molecular flexibility index (Phi) is 5.50. The van der Waals surface area contributed by atoms with Crippen molar-refractivity contribution in [3.63, 3.8) is 0 Å². The van der Waals surface area contributed by atoms with E-state index in [0.29, 0.717) is 31.0 Å². The molecule has 8 heteroatoms. The maximum Gasteiger partial charge on any atom is 0.243 e. The van der Waals surface area contributed by atoms with Crippen molar-refractivity contribution in [3.05, 3.63) is 54.1 Å². The molecular formula is C19H21BrN4O2S. The first-order chi connectivity index (χ1) is 12.5. The molecule has 0 unspecified atom stereocenters.